The lowest BCUT2D eigenvalue weighted by atomic mass is 10.0. The topological polar surface area (TPSA) is 75.4 Å². The molecule has 0 aliphatic carbocycles. The van der Waals surface area contributed by atoms with Gasteiger partial charge in [-0.2, -0.15) is 0 Å². The third-order valence-corrected chi connectivity index (χ3v) is 3.61. The molecule has 0 saturated heterocycles. The summed E-state index contributed by atoms with van der Waals surface area (Å²) in [5.41, 5.74) is 6.19. The van der Waals surface area contributed by atoms with Crippen molar-refractivity contribution < 1.29 is 9.59 Å². The third kappa shape index (κ3) is 5.67. The van der Waals surface area contributed by atoms with E-state index in [1.165, 1.54) is 0 Å². The molecule has 5 heteroatoms. The minimum Gasteiger partial charge on any atom is -0.346 e. The molecule has 0 aliphatic rings. The molecule has 0 heterocycles. The molecule has 1 rings (SSSR count). The molecule has 0 bridgehead atoms. The number of hydrogen-bond donors (Lipinski definition) is 2. The van der Waals surface area contributed by atoms with Crippen LogP contribution in [0.5, 0.6) is 0 Å². The number of carbonyl (C=O) groups is 2. The predicted octanol–water partition coefficient (Wildman–Crippen LogP) is 2.42. The number of rotatable bonds is 8. The van der Waals surface area contributed by atoms with Crippen LogP contribution in [-0.2, 0) is 0 Å². The molecule has 23 heavy (non-hydrogen) atoms. The van der Waals surface area contributed by atoms with E-state index < -0.39 is 5.54 Å². The van der Waals surface area contributed by atoms with E-state index in [0.717, 1.165) is 25.9 Å². The van der Waals surface area contributed by atoms with Gasteiger partial charge >= 0.3 is 0 Å². The van der Waals surface area contributed by atoms with Crippen molar-refractivity contribution in [2.75, 3.05) is 19.6 Å². The molecule has 0 spiro atoms. The lowest BCUT2D eigenvalue weighted by Gasteiger charge is -2.24. The van der Waals surface area contributed by atoms with Crippen molar-refractivity contribution in [2.24, 2.45) is 5.73 Å². The van der Waals surface area contributed by atoms with Crippen LogP contribution in [0.1, 0.15) is 61.3 Å². The van der Waals surface area contributed by atoms with Gasteiger partial charge in [-0.1, -0.05) is 19.9 Å². The van der Waals surface area contributed by atoms with Crippen molar-refractivity contribution in [1.29, 1.82) is 0 Å². The van der Waals surface area contributed by atoms with Gasteiger partial charge in [0, 0.05) is 36.3 Å². The summed E-state index contributed by atoms with van der Waals surface area (Å²) in [7, 11) is 0. The van der Waals surface area contributed by atoms with Crippen LogP contribution in [0, 0.1) is 0 Å². The molecule has 0 aromatic heterocycles. The van der Waals surface area contributed by atoms with Gasteiger partial charge in [0.1, 0.15) is 0 Å². The van der Waals surface area contributed by atoms with Gasteiger partial charge in [0.15, 0.2) is 0 Å². The van der Waals surface area contributed by atoms with Crippen LogP contribution in [0.15, 0.2) is 24.3 Å². The number of nitrogens with zero attached hydrogens (tertiary/aromatic N) is 1. The quantitative estimate of drug-likeness (QED) is 0.772. The Kier molecular flexibility index (Phi) is 7.23. The average Bonchev–Trinajstić information content (AvgIpc) is 2.53. The Morgan fingerprint density at radius 2 is 1.70 bits per heavy atom. The predicted molar refractivity (Wildman–Crippen MR) is 93.5 cm³/mol. The summed E-state index contributed by atoms with van der Waals surface area (Å²) in [6.45, 7) is 9.63. The highest BCUT2D eigenvalue weighted by molar-refractivity contribution is 5.99. The number of nitrogens with one attached hydrogen (secondary N) is 1. The molecule has 2 amide bonds. The molecule has 0 unspecified atom stereocenters. The Bertz CT molecular complexity index is 535. The van der Waals surface area contributed by atoms with Crippen LogP contribution < -0.4 is 11.1 Å². The number of benzene rings is 1. The fourth-order valence-electron chi connectivity index (χ4n) is 2.26. The number of hydrogen-bond acceptors (Lipinski definition) is 3. The first kappa shape index (κ1) is 19.2. The highest BCUT2D eigenvalue weighted by Gasteiger charge is 2.20. The number of amides is 2. The van der Waals surface area contributed by atoms with Crippen LogP contribution >= 0.6 is 0 Å². The minimum atomic E-state index is -0.479. The fourth-order valence-corrected chi connectivity index (χ4v) is 2.26. The van der Waals surface area contributed by atoms with Crippen molar-refractivity contribution in [3.63, 3.8) is 0 Å². The van der Waals surface area contributed by atoms with Gasteiger partial charge in [-0.25, -0.2) is 0 Å². The summed E-state index contributed by atoms with van der Waals surface area (Å²) in [5.74, 6) is -0.242. The maximum Gasteiger partial charge on any atom is 0.253 e. The van der Waals surface area contributed by atoms with E-state index in [2.05, 4.69) is 19.2 Å². The van der Waals surface area contributed by atoms with Gasteiger partial charge in [-0.15, -0.1) is 0 Å². The molecule has 0 radical (unpaired) electrons. The first-order valence-corrected chi connectivity index (χ1v) is 8.26. The highest BCUT2D eigenvalue weighted by atomic mass is 16.2. The van der Waals surface area contributed by atoms with Crippen molar-refractivity contribution >= 4 is 11.8 Å². The summed E-state index contributed by atoms with van der Waals surface area (Å²) >= 11 is 0. The Hall–Kier alpha value is -1.88. The van der Waals surface area contributed by atoms with Gasteiger partial charge in [0.2, 0.25) is 0 Å². The van der Waals surface area contributed by atoms with E-state index in [9.17, 15) is 9.59 Å². The first-order chi connectivity index (χ1) is 10.8. The maximum absolute atomic E-state index is 12.6. The number of carbonyl (C=O) groups excluding carboxylic acids is 2. The molecular weight excluding hydrogens is 290 g/mol. The van der Waals surface area contributed by atoms with E-state index in [-0.39, 0.29) is 11.8 Å². The molecular formula is C18H29N3O2. The standard InChI is InChI=1S/C18H29N3O2/c1-5-10-21(11-6-2)17(23)15-9-7-8-14(12-15)16(22)20-18(3,4)13-19/h7-9,12H,5-6,10-11,13,19H2,1-4H3,(H,20,22). The second-order valence-corrected chi connectivity index (χ2v) is 6.42. The van der Waals surface area contributed by atoms with Crippen molar-refractivity contribution in [1.82, 2.24) is 10.2 Å². The molecule has 128 valence electrons. The summed E-state index contributed by atoms with van der Waals surface area (Å²) in [6.07, 6.45) is 1.83. The first-order valence-electron chi connectivity index (χ1n) is 8.26. The Morgan fingerprint density at radius 1 is 1.13 bits per heavy atom. The minimum absolute atomic E-state index is 0.0264. The molecule has 3 N–H and O–H groups in total. The van der Waals surface area contributed by atoms with Crippen LogP contribution in [0.2, 0.25) is 0 Å². The van der Waals surface area contributed by atoms with Crippen LogP contribution in [0.4, 0.5) is 0 Å². The maximum atomic E-state index is 12.6. The monoisotopic (exact) mass is 319 g/mol. The van der Waals surface area contributed by atoms with Crippen molar-refractivity contribution in [3.8, 4) is 0 Å². The summed E-state index contributed by atoms with van der Waals surface area (Å²) in [6, 6.07) is 6.87. The summed E-state index contributed by atoms with van der Waals surface area (Å²) in [4.78, 5) is 26.8. The zero-order valence-corrected chi connectivity index (χ0v) is 14.7. The Balaban J connectivity index is 2.95. The normalized spacial score (nSPS) is 11.2. The van der Waals surface area contributed by atoms with E-state index in [4.69, 9.17) is 5.73 Å². The highest BCUT2D eigenvalue weighted by Crippen LogP contribution is 2.11. The van der Waals surface area contributed by atoms with E-state index >= 15 is 0 Å². The van der Waals surface area contributed by atoms with Gasteiger partial charge in [0.05, 0.1) is 0 Å². The lowest BCUT2D eigenvalue weighted by Crippen LogP contribution is -2.48. The molecule has 0 saturated carbocycles. The molecule has 1 aromatic rings. The van der Waals surface area contributed by atoms with Crippen molar-refractivity contribution in [2.45, 2.75) is 46.1 Å². The number of nitrogens with two attached hydrogens (primary N) is 1. The second kappa shape index (κ2) is 8.67. The van der Waals surface area contributed by atoms with E-state index in [0.29, 0.717) is 17.7 Å². The largest absolute Gasteiger partial charge is 0.346 e. The van der Waals surface area contributed by atoms with Gasteiger partial charge in [-0.3, -0.25) is 9.59 Å². The average molecular weight is 319 g/mol. The smallest absolute Gasteiger partial charge is 0.253 e. The molecule has 0 atom stereocenters. The summed E-state index contributed by atoms with van der Waals surface area (Å²) in [5, 5.41) is 2.88. The molecule has 0 fully saturated rings. The molecule has 1 aromatic carbocycles. The zero-order chi connectivity index (χ0) is 17.5. The zero-order valence-electron chi connectivity index (χ0n) is 14.7. The van der Waals surface area contributed by atoms with Crippen LogP contribution in [0.25, 0.3) is 0 Å². The SMILES string of the molecule is CCCN(CCC)C(=O)c1cccc(C(=O)NC(C)(C)CN)c1. The van der Waals surface area contributed by atoms with E-state index in [1.807, 2.05) is 18.7 Å². The molecule has 0 aliphatic heterocycles. The lowest BCUT2D eigenvalue weighted by molar-refractivity contribution is 0.0755. The third-order valence-electron chi connectivity index (χ3n) is 3.61. The second-order valence-electron chi connectivity index (χ2n) is 6.42. The van der Waals surface area contributed by atoms with Crippen molar-refractivity contribution in [3.05, 3.63) is 35.4 Å². The molecule has 5 nitrogen and oxygen atoms in total. The summed E-state index contributed by atoms with van der Waals surface area (Å²) < 4.78 is 0. The van der Waals surface area contributed by atoms with Gasteiger partial charge in [0.25, 0.3) is 11.8 Å². The van der Waals surface area contributed by atoms with Crippen LogP contribution in [0.3, 0.4) is 0 Å². The Morgan fingerprint density at radius 3 is 2.22 bits per heavy atom. The van der Waals surface area contributed by atoms with Gasteiger partial charge < -0.3 is 16.0 Å². The van der Waals surface area contributed by atoms with Crippen LogP contribution in [-0.4, -0.2) is 41.9 Å². The fraction of sp³-hybridized carbons (Fsp3) is 0.556. The van der Waals surface area contributed by atoms with E-state index in [1.54, 1.807) is 24.3 Å². The Labute approximate surface area is 139 Å². The van der Waals surface area contributed by atoms with Gasteiger partial charge in [-0.05, 0) is 44.9 Å².